The lowest BCUT2D eigenvalue weighted by molar-refractivity contribution is -0.140. The molecule has 0 radical (unpaired) electrons. The van der Waals surface area contributed by atoms with Gasteiger partial charge in [0, 0.05) is 25.3 Å². The van der Waals surface area contributed by atoms with Gasteiger partial charge in [0.1, 0.15) is 24.3 Å². The fourth-order valence-corrected chi connectivity index (χ4v) is 5.09. The Morgan fingerprint density at radius 1 is 1.32 bits per heavy atom. The van der Waals surface area contributed by atoms with Crippen LogP contribution >= 0.6 is 0 Å². The minimum Gasteiger partial charge on any atom is -0.360 e. The van der Waals surface area contributed by atoms with E-state index in [4.69, 9.17) is 10.00 Å². The van der Waals surface area contributed by atoms with Crippen molar-refractivity contribution < 1.29 is 13.9 Å². The molecular formula is C24H25FN4O2. The molecule has 160 valence electrons. The molecule has 3 heterocycles. The van der Waals surface area contributed by atoms with E-state index in [0.29, 0.717) is 24.6 Å². The Bertz CT molecular complexity index is 1030. The summed E-state index contributed by atoms with van der Waals surface area (Å²) in [5.41, 5.74) is 0.839. The Kier molecular flexibility index (Phi) is 4.90. The number of hydrogen-bond donors (Lipinski definition) is 0. The first-order chi connectivity index (χ1) is 15.0. The lowest BCUT2D eigenvalue weighted by atomic mass is 10.0. The molecule has 5 rings (SSSR count). The Morgan fingerprint density at radius 3 is 2.81 bits per heavy atom. The van der Waals surface area contributed by atoms with Crippen molar-refractivity contribution in [1.82, 2.24) is 9.88 Å². The molecule has 3 aliphatic rings. The number of pyridine rings is 1. The molecule has 2 aliphatic heterocycles. The third-order valence-electron chi connectivity index (χ3n) is 6.91. The number of carbonyl (C=O) groups excluding carboxylic acids is 1. The monoisotopic (exact) mass is 420 g/mol. The molecule has 2 aromatic rings. The normalized spacial score (nSPS) is 25.9. The molecule has 2 saturated heterocycles. The van der Waals surface area contributed by atoms with Crippen LogP contribution in [0.1, 0.15) is 37.3 Å². The van der Waals surface area contributed by atoms with Crippen LogP contribution in [0.15, 0.2) is 42.6 Å². The minimum atomic E-state index is -0.516. The van der Waals surface area contributed by atoms with Gasteiger partial charge in [-0.2, -0.15) is 5.26 Å². The van der Waals surface area contributed by atoms with Crippen molar-refractivity contribution in [3.8, 4) is 6.07 Å². The van der Waals surface area contributed by atoms with Crippen molar-refractivity contribution in [2.75, 3.05) is 24.6 Å². The molecule has 2 unspecified atom stereocenters. The summed E-state index contributed by atoms with van der Waals surface area (Å²) >= 11 is 0. The third kappa shape index (κ3) is 3.66. The summed E-state index contributed by atoms with van der Waals surface area (Å²) in [6.45, 7) is 3.50. The van der Waals surface area contributed by atoms with Gasteiger partial charge < -0.3 is 14.5 Å². The van der Waals surface area contributed by atoms with Gasteiger partial charge in [0.2, 0.25) is 5.91 Å². The summed E-state index contributed by atoms with van der Waals surface area (Å²) in [5.74, 6) is 1.02. The van der Waals surface area contributed by atoms with Gasteiger partial charge >= 0.3 is 0 Å². The molecule has 6 nitrogen and oxygen atoms in total. The first-order valence-corrected chi connectivity index (χ1v) is 10.8. The number of nitrogens with zero attached hydrogens (tertiary/aromatic N) is 4. The highest BCUT2D eigenvalue weighted by Gasteiger charge is 2.48. The maximum atomic E-state index is 13.6. The molecule has 0 spiro atoms. The maximum Gasteiger partial charge on any atom is 0.248 e. The number of nitriles is 1. The fourth-order valence-electron chi connectivity index (χ4n) is 5.09. The molecule has 31 heavy (non-hydrogen) atoms. The van der Waals surface area contributed by atoms with Gasteiger partial charge in [0.25, 0.3) is 0 Å². The summed E-state index contributed by atoms with van der Waals surface area (Å²) in [6, 6.07) is 12.7. The van der Waals surface area contributed by atoms with E-state index in [1.165, 1.54) is 12.1 Å². The largest absolute Gasteiger partial charge is 0.360 e. The Morgan fingerprint density at radius 2 is 2.16 bits per heavy atom. The van der Waals surface area contributed by atoms with Crippen molar-refractivity contribution in [3.63, 3.8) is 0 Å². The average Bonchev–Trinajstić information content (AvgIpc) is 3.54. The lowest BCUT2D eigenvalue weighted by Crippen LogP contribution is -2.57. The van der Waals surface area contributed by atoms with Crippen LogP contribution in [0.5, 0.6) is 0 Å². The van der Waals surface area contributed by atoms with E-state index in [9.17, 15) is 9.18 Å². The first kappa shape index (κ1) is 20.0. The van der Waals surface area contributed by atoms with Crippen LogP contribution in [0.3, 0.4) is 0 Å². The molecule has 0 N–H and O–H groups in total. The predicted molar refractivity (Wildman–Crippen MR) is 113 cm³/mol. The zero-order valence-electron chi connectivity index (χ0n) is 17.5. The number of anilines is 1. The number of carbonyl (C=O) groups is 1. The van der Waals surface area contributed by atoms with Crippen molar-refractivity contribution in [3.05, 3.63) is 59.5 Å². The van der Waals surface area contributed by atoms with E-state index >= 15 is 0 Å². The molecule has 3 fully saturated rings. The second kappa shape index (κ2) is 7.61. The minimum absolute atomic E-state index is 0.0133. The van der Waals surface area contributed by atoms with Gasteiger partial charge in [-0.1, -0.05) is 19.1 Å². The molecule has 2 bridgehead atoms. The van der Waals surface area contributed by atoms with Crippen LogP contribution in [-0.2, 0) is 15.1 Å². The number of fused-ring (bicyclic) bond motifs is 2. The second-order valence-corrected chi connectivity index (χ2v) is 8.95. The van der Waals surface area contributed by atoms with Crippen LogP contribution in [0.2, 0.25) is 0 Å². The van der Waals surface area contributed by atoms with Crippen LogP contribution in [0.25, 0.3) is 0 Å². The molecule has 7 heteroatoms. The van der Waals surface area contributed by atoms with E-state index in [0.717, 1.165) is 30.6 Å². The summed E-state index contributed by atoms with van der Waals surface area (Å²) < 4.78 is 19.6. The highest BCUT2D eigenvalue weighted by molar-refractivity contribution is 5.78. The van der Waals surface area contributed by atoms with Crippen LogP contribution in [-0.4, -0.2) is 47.6 Å². The highest BCUT2D eigenvalue weighted by Crippen LogP contribution is 2.49. The van der Waals surface area contributed by atoms with Gasteiger partial charge in [-0.05, 0) is 55.0 Å². The van der Waals surface area contributed by atoms with E-state index < -0.39 is 5.60 Å². The number of likely N-dealkylation sites (tertiary alicyclic amines) is 1. The molecule has 1 aliphatic carbocycles. The van der Waals surface area contributed by atoms with E-state index in [-0.39, 0.29) is 30.4 Å². The fraction of sp³-hybridized carbons (Fsp3) is 0.458. The molecule has 1 aromatic carbocycles. The summed E-state index contributed by atoms with van der Waals surface area (Å²) in [5, 5.41) is 9.01. The Balaban J connectivity index is 1.25. The van der Waals surface area contributed by atoms with Gasteiger partial charge in [-0.25, -0.2) is 9.37 Å². The number of amides is 1. The average molecular weight is 420 g/mol. The van der Waals surface area contributed by atoms with Crippen molar-refractivity contribution in [1.29, 1.82) is 5.26 Å². The van der Waals surface area contributed by atoms with Crippen molar-refractivity contribution in [2.45, 2.75) is 43.9 Å². The van der Waals surface area contributed by atoms with Gasteiger partial charge in [-0.15, -0.1) is 0 Å². The quantitative estimate of drug-likeness (QED) is 0.743. The summed E-state index contributed by atoms with van der Waals surface area (Å²) in [4.78, 5) is 21.7. The SMILES string of the molecule is C[C@H]1CC2CN(C(=O)COC3(c4cccc(F)c4)CC3)CC1N2c1ccc(C#N)cn1. The van der Waals surface area contributed by atoms with Crippen molar-refractivity contribution in [2.24, 2.45) is 5.92 Å². The second-order valence-electron chi connectivity index (χ2n) is 8.95. The number of aromatic nitrogens is 1. The standard InChI is InChI=1S/C24H25FN4O2/c1-16-9-20-13-28(14-21(16)29(20)22-6-5-17(11-26)12-27-22)23(30)15-31-24(7-8-24)18-3-2-4-19(25)10-18/h2-6,10,12,16,20-21H,7-9,13-15H2,1H3/t16-,20?,21?/m0/s1. The maximum absolute atomic E-state index is 13.6. The van der Waals surface area contributed by atoms with Gasteiger partial charge in [-0.3, -0.25) is 4.79 Å². The highest BCUT2D eigenvalue weighted by atomic mass is 19.1. The van der Waals surface area contributed by atoms with Gasteiger partial charge in [0.05, 0.1) is 17.2 Å². The number of halogens is 1. The number of hydrogen-bond acceptors (Lipinski definition) is 5. The zero-order chi connectivity index (χ0) is 21.6. The summed E-state index contributed by atoms with van der Waals surface area (Å²) in [6.07, 6.45) is 4.23. The van der Waals surface area contributed by atoms with Crippen LogP contribution < -0.4 is 4.90 Å². The smallest absolute Gasteiger partial charge is 0.248 e. The number of ether oxygens (including phenoxy) is 1. The number of piperazine rings is 1. The number of rotatable bonds is 5. The molecule has 1 aromatic heterocycles. The topological polar surface area (TPSA) is 69.5 Å². The first-order valence-electron chi connectivity index (χ1n) is 10.8. The van der Waals surface area contributed by atoms with Crippen molar-refractivity contribution >= 4 is 11.7 Å². The van der Waals surface area contributed by atoms with Crippen LogP contribution in [0.4, 0.5) is 10.2 Å². The lowest BCUT2D eigenvalue weighted by Gasteiger charge is -2.42. The number of benzene rings is 1. The summed E-state index contributed by atoms with van der Waals surface area (Å²) in [7, 11) is 0. The Hall–Kier alpha value is -2.98. The molecular weight excluding hydrogens is 395 g/mol. The zero-order valence-corrected chi connectivity index (χ0v) is 17.5. The van der Waals surface area contributed by atoms with E-state index in [1.54, 1.807) is 18.3 Å². The predicted octanol–water partition coefficient (Wildman–Crippen LogP) is 3.22. The molecule has 1 amide bonds. The van der Waals surface area contributed by atoms with Crippen LogP contribution in [0, 0.1) is 23.1 Å². The third-order valence-corrected chi connectivity index (χ3v) is 6.91. The molecule has 1 saturated carbocycles. The van der Waals surface area contributed by atoms with E-state index in [1.807, 2.05) is 17.0 Å². The van der Waals surface area contributed by atoms with E-state index in [2.05, 4.69) is 22.9 Å². The van der Waals surface area contributed by atoms with Gasteiger partial charge in [0.15, 0.2) is 0 Å². The Labute approximate surface area is 181 Å². The molecule has 3 atom stereocenters.